The lowest BCUT2D eigenvalue weighted by Crippen LogP contribution is -2.62. The second kappa shape index (κ2) is 6.13. The van der Waals surface area contributed by atoms with Crippen LogP contribution in [0.15, 0.2) is 36.2 Å². The third kappa shape index (κ3) is 2.26. The second-order valence-corrected chi connectivity index (χ2v) is 10.3. The smallest absolute Gasteiger partial charge is 0.0757 e. The number of aliphatic hydroxyl groups is 3. The summed E-state index contributed by atoms with van der Waals surface area (Å²) in [4.78, 5) is 4.36. The van der Waals surface area contributed by atoms with Crippen molar-refractivity contribution in [2.24, 2.45) is 22.7 Å². The maximum absolute atomic E-state index is 11.9. The maximum atomic E-state index is 11.9. The summed E-state index contributed by atoms with van der Waals surface area (Å²) >= 11 is 0. The molecule has 4 aliphatic carbocycles. The van der Waals surface area contributed by atoms with Crippen molar-refractivity contribution in [3.63, 3.8) is 0 Å². The molecule has 3 fully saturated rings. The summed E-state index contributed by atoms with van der Waals surface area (Å²) in [5.41, 5.74) is 1.33. The van der Waals surface area contributed by atoms with E-state index in [1.807, 2.05) is 12.3 Å². The van der Waals surface area contributed by atoms with Crippen molar-refractivity contribution in [3.8, 4) is 0 Å². The van der Waals surface area contributed by atoms with Crippen LogP contribution in [-0.4, -0.2) is 38.1 Å². The van der Waals surface area contributed by atoms with E-state index >= 15 is 0 Å². The van der Waals surface area contributed by atoms with Gasteiger partial charge in [0, 0.05) is 17.8 Å². The van der Waals surface area contributed by atoms with E-state index in [4.69, 9.17) is 0 Å². The highest BCUT2D eigenvalue weighted by atomic mass is 16.3. The first-order valence-corrected chi connectivity index (χ1v) is 11.0. The molecule has 152 valence electrons. The van der Waals surface area contributed by atoms with Gasteiger partial charge in [0.05, 0.1) is 17.8 Å². The Morgan fingerprint density at radius 3 is 2.64 bits per heavy atom. The molecule has 5 rings (SSSR count). The van der Waals surface area contributed by atoms with Crippen LogP contribution in [0.5, 0.6) is 0 Å². The van der Waals surface area contributed by atoms with E-state index in [0.717, 1.165) is 25.7 Å². The average molecular weight is 384 g/mol. The van der Waals surface area contributed by atoms with Crippen molar-refractivity contribution in [2.45, 2.75) is 82.5 Å². The molecular weight excluding hydrogens is 350 g/mol. The standard InChI is InChI=1S/C24H33NO3/c1-22-9-7-18-19(24(22,28)10-8-21(22)27)6-5-16-12-17(26)13-20(23(16,18)2)15-4-3-11-25-14-15/h3-4,11-12,14,17-21,26-28H,5-10,13H2,1-2H3/t17?,18-,19-,20?,21?,22-,23+,24-/m1/s1. The lowest BCUT2D eigenvalue weighted by Gasteiger charge is -2.63. The van der Waals surface area contributed by atoms with E-state index in [-0.39, 0.29) is 22.7 Å². The summed E-state index contributed by atoms with van der Waals surface area (Å²) in [6.45, 7) is 4.48. The highest BCUT2D eigenvalue weighted by Crippen LogP contribution is 2.69. The molecule has 0 amide bonds. The zero-order valence-electron chi connectivity index (χ0n) is 17.0. The van der Waals surface area contributed by atoms with Gasteiger partial charge in [-0.05, 0) is 79.7 Å². The molecule has 3 unspecified atom stereocenters. The van der Waals surface area contributed by atoms with Crippen LogP contribution in [0.3, 0.4) is 0 Å². The Kier molecular flexibility index (Phi) is 4.11. The van der Waals surface area contributed by atoms with Crippen LogP contribution >= 0.6 is 0 Å². The average Bonchev–Trinajstić information content (AvgIpc) is 2.93. The van der Waals surface area contributed by atoms with E-state index in [1.54, 1.807) is 6.20 Å². The van der Waals surface area contributed by atoms with Crippen LogP contribution < -0.4 is 0 Å². The molecule has 8 atom stereocenters. The Hall–Kier alpha value is -1.23. The minimum atomic E-state index is -0.778. The third-order valence-corrected chi connectivity index (χ3v) is 9.47. The van der Waals surface area contributed by atoms with Gasteiger partial charge >= 0.3 is 0 Å². The topological polar surface area (TPSA) is 73.6 Å². The fourth-order valence-corrected chi connectivity index (χ4v) is 7.80. The zero-order chi connectivity index (χ0) is 19.7. The van der Waals surface area contributed by atoms with Gasteiger partial charge in [0.2, 0.25) is 0 Å². The van der Waals surface area contributed by atoms with Gasteiger partial charge in [0.1, 0.15) is 0 Å². The number of hydrogen-bond donors (Lipinski definition) is 3. The number of rotatable bonds is 1. The Morgan fingerprint density at radius 1 is 1.07 bits per heavy atom. The molecule has 3 N–H and O–H groups in total. The van der Waals surface area contributed by atoms with Crippen molar-refractivity contribution in [3.05, 3.63) is 41.7 Å². The van der Waals surface area contributed by atoms with Gasteiger partial charge in [-0.2, -0.15) is 0 Å². The first-order chi connectivity index (χ1) is 13.3. The molecule has 28 heavy (non-hydrogen) atoms. The molecule has 4 nitrogen and oxygen atoms in total. The Balaban J connectivity index is 1.60. The SMILES string of the molecule is C[C@@]12C(=CC(O)CC1c1cccnc1)CC[C@@H]1[C@H]2CC[C@]2(C)C(O)CC[C@@]12O. The lowest BCUT2D eigenvalue weighted by molar-refractivity contribution is -0.195. The molecule has 0 aromatic carbocycles. The van der Waals surface area contributed by atoms with Crippen molar-refractivity contribution >= 4 is 0 Å². The van der Waals surface area contributed by atoms with Crippen molar-refractivity contribution in [2.75, 3.05) is 0 Å². The monoisotopic (exact) mass is 383 g/mol. The minimum Gasteiger partial charge on any atom is -0.392 e. The highest BCUT2D eigenvalue weighted by Gasteiger charge is 2.67. The van der Waals surface area contributed by atoms with E-state index in [1.165, 1.54) is 11.1 Å². The fourth-order valence-electron chi connectivity index (χ4n) is 7.80. The molecule has 3 saturated carbocycles. The molecule has 0 bridgehead atoms. The summed E-state index contributed by atoms with van der Waals surface area (Å²) in [5, 5.41) is 33.2. The van der Waals surface area contributed by atoms with Crippen molar-refractivity contribution < 1.29 is 15.3 Å². The summed E-state index contributed by atoms with van der Waals surface area (Å²) in [6, 6.07) is 4.13. The van der Waals surface area contributed by atoms with E-state index in [0.29, 0.717) is 25.2 Å². The van der Waals surface area contributed by atoms with Crippen molar-refractivity contribution in [1.29, 1.82) is 0 Å². The van der Waals surface area contributed by atoms with Gasteiger partial charge in [-0.3, -0.25) is 4.98 Å². The molecule has 4 heteroatoms. The normalized spacial score (nSPS) is 50.3. The molecular formula is C24H33NO3. The molecule has 1 aromatic rings. The molecule has 4 aliphatic rings. The number of aliphatic hydroxyl groups excluding tert-OH is 2. The van der Waals surface area contributed by atoms with Gasteiger partial charge < -0.3 is 15.3 Å². The van der Waals surface area contributed by atoms with Gasteiger partial charge in [0.25, 0.3) is 0 Å². The predicted molar refractivity (Wildman–Crippen MR) is 108 cm³/mol. The fraction of sp³-hybridized carbons (Fsp3) is 0.708. The Labute approximate surface area is 167 Å². The van der Waals surface area contributed by atoms with E-state index in [9.17, 15) is 15.3 Å². The maximum Gasteiger partial charge on any atom is 0.0757 e. The zero-order valence-corrected chi connectivity index (χ0v) is 17.0. The first kappa shape index (κ1) is 18.8. The summed E-state index contributed by atoms with van der Waals surface area (Å²) in [6.07, 6.45) is 11.0. The van der Waals surface area contributed by atoms with Crippen LogP contribution in [-0.2, 0) is 0 Å². The second-order valence-electron chi connectivity index (χ2n) is 10.3. The summed E-state index contributed by atoms with van der Waals surface area (Å²) < 4.78 is 0. The number of nitrogens with zero attached hydrogens (tertiary/aromatic N) is 1. The number of allylic oxidation sites excluding steroid dienone is 1. The van der Waals surface area contributed by atoms with Crippen LogP contribution in [0, 0.1) is 22.7 Å². The lowest BCUT2D eigenvalue weighted by atomic mass is 9.43. The minimum absolute atomic E-state index is 0.0736. The van der Waals surface area contributed by atoms with Crippen LogP contribution in [0.1, 0.15) is 70.3 Å². The van der Waals surface area contributed by atoms with Crippen molar-refractivity contribution in [1.82, 2.24) is 4.98 Å². The number of pyridine rings is 1. The van der Waals surface area contributed by atoms with Crippen LogP contribution in [0.25, 0.3) is 0 Å². The third-order valence-electron chi connectivity index (χ3n) is 9.47. The quantitative estimate of drug-likeness (QED) is 0.648. The first-order valence-electron chi connectivity index (χ1n) is 11.0. The van der Waals surface area contributed by atoms with E-state index in [2.05, 4.69) is 31.0 Å². The van der Waals surface area contributed by atoms with Gasteiger partial charge in [-0.1, -0.05) is 31.6 Å². The molecule has 1 heterocycles. The predicted octanol–water partition coefficient (Wildman–Crippen LogP) is 3.57. The van der Waals surface area contributed by atoms with Gasteiger partial charge in [-0.15, -0.1) is 0 Å². The van der Waals surface area contributed by atoms with Gasteiger partial charge in [-0.25, -0.2) is 0 Å². The molecule has 0 radical (unpaired) electrons. The Morgan fingerprint density at radius 2 is 1.89 bits per heavy atom. The Bertz CT molecular complexity index is 794. The van der Waals surface area contributed by atoms with Crippen LogP contribution in [0.2, 0.25) is 0 Å². The van der Waals surface area contributed by atoms with Crippen LogP contribution in [0.4, 0.5) is 0 Å². The molecule has 0 saturated heterocycles. The summed E-state index contributed by atoms with van der Waals surface area (Å²) in [5.74, 6) is 0.789. The molecule has 0 aliphatic heterocycles. The molecule has 1 aromatic heterocycles. The largest absolute Gasteiger partial charge is 0.392 e. The number of hydrogen-bond acceptors (Lipinski definition) is 4. The number of aromatic nitrogens is 1. The van der Waals surface area contributed by atoms with E-state index < -0.39 is 17.8 Å². The summed E-state index contributed by atoms with van der Waals surface area (Å²) in [7, 11) is 0. The molecule has 0 spiro atoms. The van der Waals surface area contributed by atoms with Gasteiger partial charge in [0.15, 0.2) is 0 Å². The number of fused-ring (bicyclic) bond motifs is 5. The highest BCUT2D eigenvalue weighted by molar-refractivity contribution is 5.35.